The lowest BCUT2D eigenvalue weighted by Gasteiger charge is -2.06. The van der Waals surface area contributed by atoms with Gasteiger partial charge < -0.3 is 15.8 Å². The van der Waals surface area contributed by atoms with Crippen LogP contribution in [0.4, 0.5) is 4.39 Å². The third kappa shape index (κ3) is 2.53. The van der Waals surface area contributed by atoms with E-state index in [-0.39, 0.29) is 6.42 Å². The average Bonchev–Trinajstić information content (AvgIpc) is 2.91. The molecule has 0 saturated carbocycles. The number of fused-ring (bicyclic) bond motifs is 1. The zero-order chi connectivity index (χ0) is 15.7. The predicted molar refractivity (Wildman–Crippen MR) is 78.6 cm³/mol. The number of aliphatic carboxylic acids is 1. The maximum Gasteiger partial charge on any atom is 0.320 e. The van der Waals surface area contributed by atoms with Gasteiger partial charge in [-0.2, -0.15) is 0 Å². The Morgan fingerprint density at radius 3 is 2.77 bits per heavy atom. The molecule has 4 N–H and O–H groups in total. The minimum atomic E-state index is -1.05. The summed E-state index contributed by atoms with van der Waals surface area (Å²) in [5.41, 5.74) is 7.87. The van der Waals surface area contributed by atoms with Crippen LogP contribution in [0.3, 0.4) is 0 Å². The molecule has 1 atom stereocenters. The van der Waals surface area contributed by atoms with E-state index in [4.69, 9.17) is 10.8 Å². The molecule has 2 heterocycles. The number of nitrogens with two attached hydrogens (primary N) is 1. The predicted octanol–water partition coefficient (Wildman–Crippen LogP) is 1.72. The second kappa shape index (κ2) is 5.53. The monoisotopic (exact) mass is 300 g/mol. The first-order chi connectivity index (χ1) is 10.6. The third-order valence-corrected chi connectivity index (χ3v) is 3.42. The number of carboxylic acids is 1. The highest BCUT2D eigenvalue weighted by atomic mass is 19.1. The number of benzene rings is 1. The highest BCUT2D eigenvalue weighted by Gasteiger charge is 2.16. The van der Waals surface area contributed by atoms with Crippen LogP contribution in [0.25, 0.3) is 22.3 Å². The van der Waals surface area contributed by atoms with Gasteiger partial charge in [0.25, 0.3) is 0 Å². The number of hydrogen-bond acceptors (Lipinski definition) is 4. The molecular weight excluding hydrogens is 287 g/mol. The first kappa shape index (κ1) is 14.2. The van der Waals surface area contributed by atoms with Gasteiger partial charge in [-0.15, -0.1) is 0 Å². The molecule has 0 unspecified atom stereocenters. The molecule has 0 aliphatic carbocycles. The molecule has 0 spiro atoms. The van der Waals surface area contributed by atoms with E-state index in [9.17, 15) is 9.18 Å². The van der Waals surface area contributed by atoms with Crippen LogP contribution in [0, 0.1) is 5.82 Å². The third-order valence-electron chi connectivity index (χ3n) is 3.42. The van der Waals surface area contributed by atoms with Crippen molar-refractivity contribution in [2.24, 2.45) is 5.73 Å². The van der Waals surface area contributed by atoms with Gasteiger partial charge in [0.1, 0.15) is 6.04 Å². The standard InChI is InChI=1S/C15H13FN4O2/c16-9-6-19-14(20-7-9)11-3-1-2-10-8(5-18-13(10)11)4-12(17)15(21)22/h1-3,5-7,12,18H,4,17H2,(H,21,22)/t12-/m0/s1. The minimum absolute atomic E-state index is 0.211. The van der Waals surface area contributed by atoms with E-state index >= 15 is 0 Å². The van der Waals surface area contributed by atoms with Gasteiger partial charge in [-0.25, -0.2) is 14.4 Å². The number of nitrogens with one attached hydrogen (secondary N) is 1. The highest BCUT2D eigenvalue weighted by molar-refractivity contribution is 5.94. The van der Waals surface area contributed by atoms with E-state index in [0.717, 1.165) is 28.9 Å². The number of carbonyl (C=O) groups is 1. The molecule has 7 heteroatoms. The molecule has 0 saturated heterocycles. The number of aromatic amines is 1. The van der Waals surface area contributed by atoms with E-state index in [1.54, 1.807) is 6.20 Å². The van der Waals surface area contributed by atoms with Crippen molar-refractivity contribution < 1.29 is 14.3 Å². The Kier molecular flexibility index (Phi) is 3.56. The highest BCUT2D eigenvalue weighted by Crippen LogP contribution is 2.28. The first-order valence-electron chi connectivity index (χ1n) is 6.61. The fourth-order valence-electron chi connectivity index (χ4n) is 2.34. The topological polar surface area (TPSA) is 105 Å². The van der Waals surface area contributed by atoms with Crippen LogP contribution in [0.5, 0.6) is 0 Å². The number of aromatic nitrogens is 3. The van der Waals surface area contributed by atoms with Crippen LogP contribution in [-0.4, -0.2) is 32.1 Å². The molecule has 1 aromatic carbocycles. The minimum Gasteiger partial charge on any atom is -0.480 e. The fourth-order valence-corrected chi connectivity index (χ4v) is 2.34. The van der Waals surface area contributed by atoms with Crippen LogP contribution in [-0.2, 0) is 11.2 Å². The van der Waals surface area contributed by atoms with Crippen LogP contribution in [0.15, 0.2) is 36.8 Å². The maximum absolute atomic E-state index is 12.9. The number of H-pyrrole nitrogens is 1. The average molecular weight is 300 g/mol. The Balaban J connectivity index is 2.05. The molecule has 22 heavy (non-hydrogen) atoms. The summed E-state index contributed by atoms with van der Waals surface area (Å²) >= 11 is 0. The summed E-state index contributed by atoms with van der Waals surface area (Å²) in [6, 6.07) is 4.52. The summed E-state index contributed by atoms with van der Waals surface area (Å²) in [5, 5.41) is 9.77. The van der Waals surface area contributed by atoms with E-state index in [1.165, 1.54) is 0 Å². The van der Waals surface area contributed by atoms with Crippen molar-refractivity contribution in [3.8, 4) is 11.4 Å². The molecule has 3 rings (SSSR count). The van der Waals surface area contributed by atoms with E-state index in [0.29, 0.717) is 11.4 Å². The Morgan fingerprint density at radius 2 is 2.09 bits per heavy atom. The Labute approximate surface area is 124 Å². The lowest BCUT2D eigenvalue weighted by molar-refractivity contribution is -0.138. The van der Waals surface area contributed by atoms with Crippen molar-refractivity contribution in [3.05, 3.63) is 48.2 Å². The molecule has 0 fully saturated rings. The molecule has 6 nitrogen and oxygen atoms in total. The number of nitrogens with zero attached hydrogens (tertiary/aromatic N) is 2. The summed E-state index contributed by atoms with van der Waals surface area (Å²) in [6.45, 7) is 0. The molecule has 0 bridgehead atoms. The number of hydrogen-bond donors (Lipinski definition) is 3. The van der Waals surface area contributed by atoms with Gasteiger partial charge in [0.05, 0.1) is 17.9 Å². The maximum atomic E-state index is 12.9. The summed E-state index contributed by atoms with van der Waals surface area (Å²) in [6.07, 6.45) is 4.14. The second-order valence-corrected chi connectivity index (χ2v) is 4.92. The van der Waals surface area contributed by atoms with Gasteiger partial charge in [-0.05, 0) is 11.6 Å². The smallest absolute Gasteiger partial charge is 0.320 e. The van der Waals surface area contributed by atoms with Gasteiger partial charge in [-0.3, -0.25) is 4.79 Å². The van der Waals surface area contributed by atoms with Gasteiger partial charge >= 0.3 is 5.97 Å². The van der Waals surface area contributed by atoms with Crippen LogP contribution in [0.1, 0.15) is 5.56 Å². The zero-order valence-electron chi connectivity index (χ0n) is 11.5. The van der Waals surface area contributed by atoms with Gasteiger partial charge in [0.2, 0.25) is 0 Å². The quantitative estimate of drug-likeness (QED) is 0.680. The number of halogens is 1. The Hall–Kier alpha value is -2.80. The molecule has 0 amide bonds. The zero-order valence-corrected chi connectivity index (χ0v) is 11.5. The molecule has 3 aromatic rings. The van der Waals surface area contributed by atoms with Crippen molar-refractivity contribution in [1.29, 1.82) is 0 Å². The number of rotatable bonds is 4. The van der Waals surface area contributed by atoms with Crippen molar-refractivity contribution in [3.63, 3.8) is 0 Å². The lowest BCUT2D eigenvalue weighted by atomic mass is 10.0. The molecule has 0 radical (unpaired) electrons. The van der Waals surface area contributed by atoms with Crippen LogP contribution in [0.2, 0.25) is 0 Å². The number of para-hydroxylation sites is 1. The van der Waals surface area contributed by atoms with E-state index in [1.807, 2.05) is 18.2 Å². The normalized spacial score (nSPS) is 12.5. The first-order valence-corrected chi connectivity index (χ1v) is 6.61. The lowest BCUT2D eigenvalue weighted by Crippen LogP contribution is -2.32. The van der Waals surface area contributed by atoms with Gasteiger partial charge in [0, 0.05) is 23.6 Å². The van der Waals surface area contributed by atoms with Crippen molar-refractivity contribution in [1.82, 2.24) is 15.0 Å². The van der Waals surface area contributed by atoms with Crippen LogP contribution >= 0.6 is 0 Å². The van der Waals surface area contributed by atoms with Gasteiger partial charge in [-0.1, -0.05) is 12.1 Å². The molecular formula is C15H13FN4O2. The summed E-state index contributed by atoms with van der Waals surface area (Å²) in [4.78, 5) is 21.9. The SMILES string of the molecule is N[C@@H](Cc1c[nH]c2c(-c3ncc(F)cn3)cccc12)C(=O)O. The molecule has 112 valence electrons. The van der Waals surface area contributed by atoms with Gasteiger partial charge in [0.15, 0.2) is 11.6 Å². The van der Waals surface area contributed by atoms with E-state index in [2.05, 4.69) is 15.0 Å². The van der Waals surface area contributed by atoms with E-state index < -0.39 is 17.8 Å². The van der Waals surface area contributed by atoms with Crippen molar-refractivity contribution in [2.45, 2.75) is 12.5 Å². The Morgan fingerprint density at radius 1 is 1.36 bits per heavy atom. The van der Waals surface area contributed by atoms with Crippen molar-refractivity contribution >= 4 is 16.9 Å². The summed E-state index contributed by atoms with van der Waals surface area (Å²) in [5.74, 6) is -1.16. The molecule has 0 aliphatic rings. The molecule has 2 aromatic heterocycles. The fraction of sp³-hybridized carbons (Fsp3) is 0.133. The Bertz CT molecular complexity index is 829. The number of carboxylic acid groups (broad SMARTS) is 1. The molecule has 0 aliphatic heterocycles. The largest absolute Gasteiger partial charge is 0.480 e. The van der Waals surface area contributed by atoms with Crippen molar-refractivity contribution in [2.75, 3.05) is 0 Å². The summed E-state index contributed by atoms with van der Waals surface area (Å²) < 4.78 is 12.9. The summed E-state index contributed by atoms with van der Waals surface area (Å²) in [7, 11) is 0. The van der Waals surface area contributed by atoms with Crippen LogP contribution < -0.4 is 5.73 Å². The second-order valence-electron chi connectivity index (χ2n) is 4.92.